The van der Waals surface area contributed by atoms with Gasteiger partial charge in [0.1, 0.15) is 23.1 Å². The molecule has 0 spiro atoms. The van der Waals surface area contributed by atoms with E-state index in [0.29, 0.717) is 27.8 Å². The lowest BCUT2D eigenvalue weighted by Crippen LogP contribution is -2.42. The lowest BCUT2D eigenvalue weighted by atomic mass is 10.1. The van der Waals surface area contributed by atoms with Gasteiger partial charge in [-0.05, 0) is 58.0 Å². The number of imidazole rings is 1. The van der Waals surface area contributed by atoms with E-state index >= 15 is 0 Å². The minimum atomic E-state index is -3.84. The SMILES string of the molecule is Cc1ccc(S(=O)(=O)n2ccc3c4c(cnc32)ncn4N2C=CC=C(OC(=O)NC(C)(C)C)C2)cc1. The number of pyridine rings is 1. The Morgan fingerprint density at radius 1 is 1.11 bits per heavy atom. The molecule has 1 aliphatic rings. The number of carbonyl (C=O) groups is 1. The predicted octanol–water partition coefficient (Wildman–Crippen LogP) is 3.81. The molecule has 0 bridgehead atoms. The molecule has 10 nitrogen and oxygen atoms in total. The maximum atomic E-state index is 13.3. The topological polar surface area (TPSA) is 111 Å². The van der Waals surface area contributed by atoms with Gasteiger partial charge in [0.05, 0.1) is 17.6 Å². The highest BCUT2D eigenvalue weighted by molar-refractivity contribution is 7.90. The summed E-state index contributed by atoms with van der Waals surface area (Å²) in [6, 6.07) is 8.41. The molecule has 4 aromatic rings. The average Bonchev–Trinajstić information content (AvgIpc) is 3.42. The first-order valence-corrected chi connectivity index (χ1v) is 12.8. The van der Waals surface area contributed by atoms with Crippen LogP contribution in [0, 0.1) is 6.92 Å². The number of nitrogens with one attached hydrogen (secondary N) is 1. The third-order valence-corrected chi connectivity index (χ3v) is 7.26. The maximum Gasteiger partial charge on any atom is 0.412 e. The number of nitrogens with zero attached hydrogens (tertiary/aromatic N) is 5. The van der Waals surface area contributed by atoms with Crippen LogP contribution in [0.3, 0.4) is 0 Å². The fourth-order valence-corrected chi connectivity index (χ4v) is 5.24. The van der Waals surface area contributed by atoms with E-state index in [2.05, 4.69) is 15.3 Å². The third kappa shape index (κ3) is 4.33. The van der Waals surface area contributed by atoms with Gasteiger partial charge in [-0.25, -0.2) is 31.8 Å². The number of alkyl carbamates (subject to hydrolysis) is 1. The smallest absolute Gasteiger partial charge is 0.412 e. The summed E-state index contributed by atoms with van der Waals surface area (Å²) >= 11 is 0. The second-order valence-electron chi connectivity index (χ2n) is 9.58. The van der Waals surface area contributed by atoms with Crippen molar-refractivity contribution in [3.05, 3.63) is 78.7 Å². The first kappa shape index (κ1) is 23.6. The maximum absolute atomic E-state index is 13.3. The molecule has 11 heteroatoms. The largest absolute Gasteiger partial charge is 0.413 e. The molecule has 4 heterocycles. The molecule has 1 aliphatic heterocycles. The number of fused-ring (bicyclic) bond motifs is 3. The van der Waals surface area contributed by atoms with E-state index in [0.717, 1.165) is 5.56 Å². The van der Waals surface area contributed by atoms with Crippen molar-refractivity contribution in [2.75, 3.05) is 11.6 Å². The first-order chi connectivity index (χ1) is 17.0. The first-order valence-electron chi connectivity index (χ1n) is 11.3. The van der Waals surface area contributed by atoms with E-state index < -0.39 is 21.7 Å². The number of aryl methyl sites for hydroxylation is 1. The molecule has 0 aliphatic carbocycles. The van der Waals surface area contributed by atoms with Crippen LogP contribution in [-0.4, -0.2) is 45.2 Å². The van der Waals surface area contributed by atoms with Gasteiger partial charge in [-0.1, -0.05) is 17.7 Å². The van der Waals surface area contributed by atoms with Crippen molar-refractivity contribution in [2.24, 2.45) is 0 Å². The van der Waals surface area contributed by atoms with Crippen LogP contribution < -0.4 is 10.3 Å². The number of allylic oxidation sites excluding steroid dienone is 2. The molecule has 3 aromatic heterocycles. The van der Waals surface area contributed by atoms with Crippen LogP contribution in [-0.2, 0) is 14.8 Å². The molecular weight excluding hydrogens is 480 g/mol. The average molecular weight is 507 g/mol. The minimum absolute atomic E-state index is 0.181. The van der Waals surface area contributed by atoms with Crippen LogP contribution >= 0.6 is 0 Å². The zero-order chi connectivity index (χ0) is 25.7. The Morgan fingerprint density at radius 2 is 1.86 bits per heavy atom. The summed E-state index contributed by atoms with van der Waals surface area (Å²) in [4.78, 5) is 21.3. The fraction of sp³-hybridized carbons (Fsp3) is 0.240. The van der Waals surface area contributed by atoms with Crippen LogP contribution in [0.2, 0.25) is 0 Å². The molecule has 1 N–H and O–H groups in total. The Hall–Kier alpha value is -4.12. The predicted molar refractivity (Wildman–Crippen MR) is 136 cm³/mol. The Labute approximate surface area is 208 Å². The van der Waals surface area contributed by atoms with Crippen molar-refractivity contribution >= 4 is 38.2 Å². The van der Waals surface area contributed by atoms with Crippen molar-refractivity contribution in [1.29, 1.82) is 0 Å². The summed E-state index contributed by atoms with van der Waals surface area (Å²) in [7, 11) is -3.84. The molecule has 0 fully saturated rings. The molecule has 1 aromatic carbocycles. The Balaban J connectivity index is 1.50. The molecule has 0 saturated heterocycles. The van der Waals surface area contributed by atoms with Gasteiger partial charge in [-0.2, -0.15) is 0 Å². The van der Waals surface area contributed by atoms with Crippen molar-refractivity contribution in [2.45, 2.75) is 38.1 Å². The van der Waals surface area contributed by atoms with Crippen LogP contribution in [0.15, 0.2) is 78.1 Å². The summed E-state index contributed by atoms with van der Waals surface area (Å²) < 4.78 is 35.1. The van der Waals surface area contributed by atoms with Gasteiger partial charge in [0.15, 0.2) is 5.65 Å². The van der Waals surface area contributed by atoms with E-state index in [9.17, 15) is 13.2 Å². The zero-order valence-electron chi connectivity index (χ0n) is 20.3. The van der Waals surface area contributed by atoms with Crippen molar-refractivity contribution in [3.8, 4) is 0 Å². The van der Waals surface area contributed by atoms with Gasteiger partial charge < -0.3 is 10.1 Å². The number of benzene rings is 1. The fourth-order valence-electron chi connectivity index (χ4n) is 3.94. The second kappa shape index (κ2) is 8.52. The molecule has 0 radical (unpaired) electrons. The number of amides is 1. The van der Waals surface area contributed by atoms with Crippen molar-refractivity contribution in [3.63, 3.8) is 0 Å². The Bertz CT molecular complexity index is 1640. The number of aromatic nitrogens is 4. The number of rotatable bonds is 4. The number of carbonyl (C=O) groups excluding carboxylic acids is 1. The van der Waals surface area contributed by atoms with Crippen LogP contribution in [0.25, 0.3) is 22.1 Å². The number of hydrogen-bond acceptors (Lipinski definition) is 7. The summed E-state index contributed by atoms with van der Waals surface area (Å²) in [6.45, 7) is 7.79. The highest BCUT2D eigenvalue weighted by atomic mass is 32.2. The normalized spacial score (nSPS) is 14.3. The lowest BCUT2D eigenvalue weighted by Gasteiger charge is -2.26. The Kier molecular flexibility index (Phi) is 5.59. The van der Waals surface area contributed by atoms with E-state index in [4.69, 9.17) is 4.74 Å². The van der Waals surface area contributed by atoms with Gasteiger partial charge in [-0.15, -0.1) is 0 Å². The lowest BCUT2D eigenvalue weighted by molar-refractivity contribution is 0.164. The zero-order valence-corrected chi connectivity index (χ0v) is 21.2. The molecule has 0 unspecified atom stereocenters. The summed E-state index contributed by atoms with van der Waals surface area (Å²) in [6.07, 6.45) is 9.44. The molecular formula is C25H26N6O4S. The van der Waals surface area contributed by atoms with Gasteiger partial charge >= 0.3 is 6.09 Å². The second-order valence-corrected chi connectivity index (χ2v) is 11.4. The van der Waals surface area contributed by atoms with Crippen LogP contribution in [0.4, 0.5) is 4.79 Å². The molecule has 1 amide bonds. The standard InChI is InChI=1S/C25H26N6O4S/c1-17-7-9-19(10-8-17)36(33,34)31-13-11-20-22-21(14-26-23(20)31)27-16-30(22)29-12-5-6-18(15-29)35-24(32)28-25(2,3)4/h5-14,16H,15H2,1-4H3,(H,28,32). The quantitative estimate of drug-likeness (QED) is 0.448. The highest BCUT2D eigenvalue weighted by Crippen LogP contribution is 2.28. The van der Waals surface area contributed by atoms with Crippen LogP contribution in [0.5, 0.6) is 0 Å². The molecule has 5 rings (SSSR count). The minimum Gasteiger partial charge on any atom is -0.413 e. The molecule has 36 heavy (non-hydrogen) atoms. The van der Waals surface area contributed by atoms with Gasteiger partial charge in [0.2, 0.25) is 0 Å². The Morgan fingerprint density at radius 3 is 2.58 bits per heavy atom. The van der Waals surface area contributed by atoms with E-state index in [1.165, 1.54) is 10.2 Å². The van der Waals surface area contributed by atoms with Crippen molar-refractivity contribution < 1.29 is 17.9 Å². The van der Waals surface area contributed by atoms with Crippen molar-refractivity contribution in [1.82, 2.24) is 23.9 Å². The van der Waals surface area contributed by atoms with Crippen LogP contribution in [0.1, 0.15) is 26.3 Å². The van der Waals surface area contributed by atoms with E-state index in [-0.39, 0.29) is 11.4 Å². The monoisotopic (exact) mass is 506 g/mol. The number of ether oxygens (including phenoxy) is 1. The highest BCUT2D eigenvalue weighted by Gasteiger charge is 2.24. The summed E-state index contributed by atoms with van der Waals surface area (Å²) in [5.74, 6) is 0.450. The van der Waals surface area contributed by atoms with Gasteiger partial charge in [0, 0.05) is 23.3 Å². The molecule has 0 atom stereocenters. The van der Waals surface area contributed by atoms with Gasteiger partial charge in [0.25, 0.3) is 10.0 Å². The van der Waals surface area contributed by atoms with E-state index in [1.807, 2.05) is 38.9 Å². The summed E-state index contributed by atoms with van der Waals surface area (Å²) in [5, 5.41) is 5.21. The number of hydrogen-bond donors (Lipinski definition) is 1. The molecule has 186 valence electrons. The van der Waals surface area contributed by atoms with Gasteiger partial charge in [-0.3, -0.25) is 5.01 Å². The molecule has 0 saturated carbocycles. The summed E-state index contributed by atoms with van der Waals surface area (Å²) in [5.41, 5.74) is 2.12. The van der Waals surface area contributed by atoms with E-state index in [1.54, 1.807) is 59.7 Å². The third-order valence-electron chi connectivity index (χ3n) is 5.58.